The Morgan fingerprint density at radius 3 is 2.42 bits per heavy atom. The summed E-state index contributed by atoms with van der Waals surface area (Å²) >= 11 is 0. The maximum atomic E-state index is 13.4. The lowest BCUT2D eigenvalue weighted by atomic mass is 9.86. The van der Waals surface area contributed by atoms with Crippen LogP contribution < -0.4 is 11.1 Å². The number of carbonyl (C=O) groups is 1. The molecule has 0 aliphatic heterocycles. The van der Waals surface area contributed by atoms with Crippen LogP contribution in [0.2, 0.25) is 0 Å². The van der Waals surface area contributed by atoms with Crippen molar-refractivity contribution in [3.05, 3.63) is 29.6 Å². The van der Waals surface area contributed by atoms with Gasteiger partial charge in [0.25, 0.3) is 0 Å². The summed E-state index contributed by atoms with van der Waals surface area (Å²) < 4.78 is 39.4. The van der Waals surface area contributed by atoms with Crippen molar-refractivity contribution in [3.8, 4) is 0 Å². The molecule has 1 amide bonds. The molecule has 1 aliphatic carbocycles. The zero-order chi connectivity index (χ0) is 14.0. The third-order valence-corrected chi connectivity index (χ3v) is 3.39. The van der Waals surface area contributed by atoms with E-state index in [1.807, 2.05) is 0 Å². The number of rotatable bonds is 2. The highest BCUT2D eigenvalue weighted by Gasteiger charge is 2.25. The van der Waals surface area contributed by atoms with Gasteiger partial charge in [-0.1, -0.05) is 0 Å². The maximum Gasteiger partial charge on any atom is 0.227 e. The number of nitrogens with two attached hydrogens (primary N) is 1. The van der Waals surface area contributed by atoms with Crippen LogP contribution in [0.15, 0.2) is 12.1 Å². The van der Waals surface area contributed by atoms with E-state index < -0.39 is 29.0 Å². The molecule has 19 heavy (non-hydrogen) atoms. The number of amides is 1. The van der Waals surface area contributed by atoms with Gasteiger partial charge in [-0.15, -0.1) is 0 Å². The van der Waals surface area contributed by atoms with Gasteiger partial charge in [-0.25, -0.2) is 13.2 Å². The fourth-order valence-corrected chi connectivity index (χ4v) is 2.26. The van der Waals surface area contributed by atoms with Gasteiger partial charge < -0.3 is 11.1 Å². The summed E-state index contributed by atoms with van der Waals surface area (Å²) in [5.74, 6) is -4.20. The van der Waals surface area contributed by atoms with E-state index in [2.05, 4.69) is 5.32 Å². The molecule has 1 aliphatic rings. The highest BCUT2D eigenvalue weighted by molar-refractivity contribution is 5.92. The largest absolute Gasteiger partial charge is 0.328 e. The van der Waals surface area contributed by atoms with Crippen molar-refractivity contribution in [2.75, 3.05) is 5.32 Å². The number of benzene rings is 1. The van der Waals surface area contributed by atoms with Gasteiger partial charge >= 0.3 is 0 Å². The molecule has 0 saturated heterocycles. The van der Waals surface area contributed by atoms with E-state index in [0.717, 1.165) is 18.9 Å². The van der Waals surface area contributed by atoms with Gasteiger partial charge in [0, 0.05) is 24.1 Å². The molecule has 0 bridgehead atoms. The topological polar surface area (TPSA) is 55.1 Å². The number of hydrogen-bond donors (Lipinski definition) is 2. The van der Waals surface area contributed by atoms with E-state index in [-0.39, 0.29) is 12.0 Å². The van der Waals surface area contributed by atoms with Gasteiger partial charge in [0.15, 0.2) is 11.6 Å². The first-order valence-electron chi connectivity index (χ1n) is 6.18. The first-order valence-corrected chi connectivity index (χ1v) is 6.18. The van der Waals surface area contributed by atoms with Crippen molar-refractivity contribution in [1.82, 2.24) is 0 Å². The molecule has 0 unspecified atom stereocenters. The van der Waals surface area contributed by atoms with Crippen LogP contribution in [0.4, 0.5) is 18.9 Å². The third-order valence-electron chi connectivity index (χ3n) is 3.39. The van der Waals surface area contributed by atoms with Crippen molar-refractivity contribution < 1.29 is 18.0 Å². The van der Waals surface area contributed by atoms with Crippen LogP contribution in [-0.4, -0.2) is 11.9 Å². The molecule has 1 saturated carbocycles. The number of halogens is 3. The Morgan fingerprint density at radius 2 is 1.79 bits per heavy atom. The maximum absolute atomic E-state index is 13.4. The summed E-state index contributed by atoms with van der Waals surface area (Å²) in [5, 5.41) is 2.24. The van der Waals surface area contributed by atoms with Gasteiger partial charge in [0.05, 0.1) is 5.69 Å². The summed E-state index contributed by atoms with van der Waals surface area (Å²) in [6.45, 7) is 0. The zero-order valence-electron chi connectivity index (χ0n) is 10.3. The number of anilines is 1. The number of carbonyl (C=O) groups excluding carboxylic acids is 1. The minimum atomic E-state index is -1.32. The summed E-state index contributed by atoms with van der Waals surface area (Å²) in [5.41, 5.74) is 5.26. The fourth-order valence-electron chi connectivity index (χ4n) is 2.26. The Hall–Kier alpha value is -1.56. The Labute approximate surface area is 109 Å². The molecule has 6 heteroatoms. The van der Waals surface area contributed by atoms with Crippen LogP contribution in [0.25, 0.3) is 0 Å². The Morgan fingerprint density at radius 1 is 1.16 bits per heavy atom. The highest BCUT2D eigenvalue weighted by atomic mass is 19.2. The minimum absolute atomic E-state index is 0.0902. The quantitative estimate of drug-likeness (QED) is 0.813. The fraction of sp³-hybridized carbons (Fsp3) is 0.462. The van der Waals surface area contributed by atoms with E-state index in [1.165, 1.54) is 0 Å². The monoisotopic (exact) mass is 272 g/mol. The van der Waals surface area contributed by atoms with Crippen LogP contribution in [-0.2, 0) is 4.79 Å². The average molecular weight is 272 g/mol. The average Bonchev–Trinajstić information content (AvgIpc) is 2.36. The van der Waals surface area contributed by atoms with Crippen LogP contribution in [0.1, 0.15) is 25.7 Å². The second-order valence-corrected chi connectivity index (χ2v) is 4.85. The van der Waals surface area contributed by atoms with E-state index in [0.29, 0.717) is 18.9 Å². The lowest BCUT2D eigenvalue weighted by molar-refractivity contribution is -0.120. The Kier molecular flexibility index (Phi) is 4.09. The normalized spacial score (nSPS) is 23.2. The SMILES string of the molecule is NC1CCC(C(=O)Nc2cc(F)cc(F)c2F)CC1. The van der Waals surface area contributed by atoms with E-state index in [9.17, 15) is 18.0 Å². The van der Waals surface area contributed by atoms with Crippen molar-refractivity contribution in [3.63, 3.8) is 0 Å². The smallest absolute Gasteiger partial charge is 0.227 e. The summed E-state index contributed by atoms with van der Waals surface area (Å²) in [4.78, 5) is 11.9. The molecule has 0 heterocycles. The summed E-state index contributed by atoms with van der Waals surface area (Å²) in [6.07, 6.45) is 2.65. The van der Waals surface area contributed by atoms with Crippen LogP contribution in [0.3, 0.4) is 0 Å². The molecule has 0 spiro atoms. The number of hydrogen-bond acceptors (Lipinski definition) is 2. The second-order valence-electron chi connectivity index (χ2n) is 4.85. The molecule has 3 N–H and O–H groups in total. The predicted octanol–water partition coefficient (Wildman–Crippen LogP) is 2.56. The van der Waals surface area contributed by atoms with Crippen LogP contribution in [0.5, 0.6) is 0 Å². The lowest BCUT2D eigenvalue weighted by Crippen LogP contribution is -2.32. The second kappa shape index (κ2) is 5.61. The molecule has 3 nitrogen and oxygen atoms in total. The lowest BCUT2D eigenvalue weighted by Gasteiger charge is -2.25. The van der Waals surface area contributed by atoms with E-state index >= 15 is 0 Å². The summed E-state index contributed by atoms with van der Waals surface area (Å²) in [7, 11) is 0. The van der Waals surface area contributed by atoms with Crippen molar-refractivity contribution in [2.45, 2.75) is 31.7 Å². The molecule has 0 aromatic heterocycles. The van der Waals surface area contributed by atoms with Crippen molar-refractivity contribution in [1.29, 1.82) is 0 Å². The highest BCUT2D eigenvalue weighted by Crippen LogP contribution is 2.26. The molecule has 0 radical (unpaired) electrons. The molecule has 2 rings (SSSR count). The molecule has 1 fully saturated rings. The molecule has 1 aromatic carbocycles. The van der Waals surface area contributed by atoms with Crippen LogP contribution in [0, 0.1) is 23.4 Å². The Bertz CT molecular complexity index is 485. The molecule has 104 valence electrons. The molecule has 1 aromatic rings. The zero-order valence-corrected chi connectivity index (χ0v) is 10.3. The van der Waals surface area contributed by atoms with E-state index in [4.69, 9.17) is 5.73 Å². The van der Waals surface area contributed by atoms with Crippen molar-refractivity contribution in [2.24, 2.45) is 11.7 Å². The first-order chi connectivity index (χ1) is 8.97. The van der Waals surface area contributed by atoms with E-state index in [1.54, 1.807) is 0 Å². The molecular formula is C13H15F3N2O. The first kappa shape index (κ1) is 13.9. The Balaban J connectivity index is 2.07. The standard InChI is InChI=1S/C13H15F3N2O/c14-8-5-10(15)12(16)11(6-8)18-13(19)7-1-3-9(17)4-2-7/h5-7,9H,1-4,17H2,(H,18,19). The number of nitrogens with one attached hydrogen (secondary N) is 1. The van der Waals surface area contributed by atoms with Crippen LogP contribution >= 0.6 is 0 Å². The summed E-state index contributed by atoms with van der Waals surface area (Å²) in [6, 6.07) is 1.29. The van der Waals surface area contributed by atoms with Gasteiger partial charge in [-0.3, -0.25) is 4.79 Å². The minimum Gasteiger partial charge on any atom is -0.328 e. The third kappa shape index (κ3) is 3.26. The van der Waals surface area contributed by atoms with Gasteiger partial charge in [-0.05, 0) is 25.7 Å². The predicted molar refractivity (Wildman–Crippen MR) is 64.9 cm³/mol. The van der Waals surface area contributed by atoms with Crippen molar-refractivity contribution >= 4 is 11.6 Å². The molecular weight excluding hydrogens is 257 g/mol. The van der Waals surface area contributed by atoms with Gasteiger partial charge in [0.1, 0.15) is 5.82 Å². The molecule has 0 atom stereocenters. The van der Waals surface area contributed by atoms with Gasteiger partial charge in [-0.2, -0.15) is 0 Å². The van der Waals surface area contributed by atoms with Gasteiger partial charge in [0.2, 0.25) is 5.91 Å².